The number of amides is 1. The van der Waals surface area contributed by atoms with E-state index in [1.807, 2.05) is 35.8 Å². The average molecular weight is 421 g/mol. The minimum Gasteiger partial charge on any atom is -0.349 e. The summed E-state index contributed by atoms with van der Waals surface area (Å²) in [4.78, 5) is 12.5. The highest BCUT2D eigenvalue weighted by Crippen LogP contribution is 2.20. The Morgan fingerprint density at radius 3 is 2.53 bits per heavy atom. The van der Waals surface area contributed by atoms with E-state index in [2.05, 4.69) is 65.4 Å². The summed E-state index contributed by atoms with van der Waals surface area (Å²) in [5, 5.41) is 12.4. The van der Waals surface area contributed by atoms with Crippen LogP contribution in [0.3, 0.4) is 0 Å². The van der Waals surface area contributed by atoms with Crippen molar-refractivity contribution in [3.05, 3.63) is 89.8 Å². The van der Waals surface area contributed by atoms with E-state index in [0.29, 0.717) is 13.0 Å². The lowest BCUT2D eigenvalue weighted by atomic mass is 10.1. The zero-order valence-corrected chi connectivity index (χ0v) is 18.4. The number of nitrogens with one attached hydrogen (secondary N) is 1. The Hall–Kier alpha value is -2.86. The SMILES string of the molecule is C=CCn1c(Cc2ccccc2)nnc1SCC(=O)NC(C)c1ccc(CC)cc1. The number of hydrogen-bond acceptors (Lipinski definition) is 4. The van der Waals surface area contributed by atoms with E-state index in [1.54, 1.807) is 0 Å². The van der Waals surface area contributed by atoms with E-state index in [4.69, 9.17) is 0 Å². The van der Waals surface area contributed by atoms with Crippen LogP contribution in [0.4, 0.5) is 0 Å². The lowest BCUT2D eigenvalue weighted by Gasteiger charge is -2.15. The average Bonchev–Trinajstić information content (AvgIpc) is 3.14. The molecular weight excluding hydrogens is 392 g/mol. The molecule has 0 saturated heterocycles. The first-order valence-electron chi connectivity index (χ1n) is 10.2. The van der Waals surface area contributed by atoms with Crippen molar-refractivity contribution in [2.75, 3.05) is 5.75 Å². The summed E-state index contributed by atoms with van der Waals surface area (Å²) in [7, 11) is 0. The predicted octanol–water partition coefficient (Wildman–Crippen LogP) is 4.59. The van der Waals surface area contributed by atoms with Crippen LogP contribution in [0.1, 0.15) is 42.4 Å². The molecule has 0 aliphatic rings. The molecule has 1 amide bonds. The van der Waals surface area contributed by atoms with Gasteiger partial charge in [-0.3, -0.25) is 4.79 Å². The van der Waals surface area contributed by atoms with Crippen LogP contribution in [-0.4, -0.2) is 26.4 Å². The highest BCUT2D eigenvalue weighted by atomic mass is 32.2. The van der Waals surface area contributed by atoms with Gasteiger partial charge in [-0.25, -0.2) is 0 Å². The summed E-state index contributed by atoms with van der Waals surface area (Å²) in [6.45, 7) is 8.59. The number of allylic oxidation sites excluding steroid dienone is 1. The Morgan fingerprint density at radius 2 is 1.87 bits per heavy atom. The molecule has 156 valence electrons. The fourth-order valence-electron chi connectivity index (χ4n) is 3.19. The number of hydrogen-bond donors (Lipinski definition) is 1. The highest BCUT2D eigenvalue weighted by Gasteiger charge is 2.15. The molecule has 6 heteroatoms. The Bertz CT molecular complexity index is 967. The van der Waals surface area contributed by atoms with Crippen LogP contribution in [0.2, 0.25) is 0 Å². The van der Waals surface area contributed by atoms with E-state index >= 15 is 0 Å². The molecule has 0 bridgehead atoms. The van der Waals surface area contributed by atoms with Gasteiger partial charge in [0, 0.05) is 13.0 Å². The van der Waals surface area contributed by atoms with E-state index in [-0.39, 0.29) is 17.7 Å². The van der Waals surface area contributed by atoms with Gasteiger partial charge in [0.05, 0.1) is 11.8 Å². The summed E-state index contributed by atoms with van der Waals surface area (Å²) in [6, 6.07) is 18.5. The van der Waals surface area contributed by atoms with Crippen LogP contribution >= 0.6 is 11.8 Å². The maximum absolute atomic E-state index is 12.5. The number of aromatic nitrogens is 3. The maximum Gasteiger partial charge on any atom is 0.230 e. The third-order valence-electron chi connectivity index (χ3n) is 4.91. The van der Waals surface area contributed by atoms with Gasteiger partial charge in [0.15, 0.2) is 5.16 Å². The van der Waals surface area contributed by atoms with Crippen LogP contribution in [-0.2, 0) is 24.2 Å². The number of nitrogens with zero attached hydrogens (tertiary/aromatic N) is 3. The van der Waals surface area contributed by atoms with E-state index < -0.39 is 0 Å². The predicted molar refractivity (Wildman–Crippen MR) is 123 cm³/mol. The van der Waals surface area contributed by atoms with Crippen molar-refractivity contribution in [3.8, 4) is 0 Å². The molecule has 0 fully saturated rings. The van der Waals surface area contributed by atoms with Crippen LogP contribution < -0.4 is 5.32 Å². The van der Waals surface area contributed by atoms with E-state index in [0.717, 1.165) is 23.0 Å². The molecule has 0 saturated carbocycles. The number of thioether (sulfide) groups is 1. The number of rotatable bonds is 10. The largest absolute Gasteiger partial charge is 0.349 e. The third-order valence-corrected chi connectivity index (χ3v) is 5.87. The smallest absolute Gasteiger partial charge is 0.230 e. The minimum atomic E-state index is -0.0382. The molecule has 0 spiro atoms. The molecule has 5 nitrogen and oxygen atoms in total. The number of carbonyl (C=O) groups is 1. The van der Waals surface area contributed by atoms with Crippen molar-refractivity contribution >= 4 is 17.7 Å². The summed E-state index contributed by atoms with van der Waals surface area (Å²) in [5.74, 6) is 1.14. The Labute approximate surface area is 182 Å². The zero-order chi connectivity index (χ0) is 21.3. The second-order valence-electron chi connectivity index (χ2n) is 7.13. The maximum atomic E-state index is 12.5. The van der Waals surface area contributed by atoms with E-state index in [9.17, 15) is 4.79 Å². The molecule has 0 aliphatic heterocycles. The molecule has 0 radical (unpaired) electrons. The lowest BCUT2D eigenvalue weighted by molar-refractivity contribution is -0.119. The van der Waals surface area contributed by atoms with Gasteiger partial charge in [0.25, 0.3) is 0 Å². The van der Waals surface area contributed by atoms with Gasteiger partial charge in [-0.1, -0.05) is 79.4 Å². The normalized spacial score (nSPS) is 11.8. The summed E-state index contributed by atoms with van der Waals surface area (Å²) >= 11 is 1.40. The van der Waals surface area contributed by atoms with Gasteiger partial charge < -0.3 is 9.88 Å². The molecule has 2 aromatic carbocycles. The zero-order valence-electron chi connectivity index (χ0n) is 17.5. The van der Waals surface area contributed by atoms with Gasteiger partial charge >= 0.3 is 0 Å². The summed E-state index contributed by atoms with van der Waals surface area (Å²) in [5.41, 5.74) is 3.57. The van der Waals surface area contributed by atoms with Gasteiger partial charge in [0.2, 0.25) is 5.91 Å². The molecular formula is C24H28N4OS. The molecule has 1 unspecified atom stereocenters. The first-order chi connectivity index (χ1) is 14.6. The number of carbonyl (C=O) groups excluding carboxylic acids is 1. The van der Waals surface area contributed by atoms with Crippen LogP contribution in [0, 0.1) is 0 Å². The first kappa shape index (κ1) is 21.8. The van der Waals surface area contributed by atoms with Crippen molar-refractivity contribution in [2.24, 2.45) is 0 Å². The Kier molecular flexibility index (Phi) is 7.85. The van der Waals surface area contributed by atoms with Crippen molar-refractivity contribution in [2.45, 2.75) is 44.4 Å². The van der Waals surface area contributed by atoms with Gasteiger partial charge in [-0.15, -0.1) is 16.8 Å². The second kappa shape index (κ2) is 10.8. The van der Waals surface area contributed by atoms with Crippen molar-refractivity contribution in [3.63, 3.8) is 0 Å². The first-order valence-corrected chi connectivity index (χ1v) is 11.2. The van der Waals surface area contributed by atoms with Gasteiger partial charge in [-0.05, 0) is 30.0 Å². The summed E-state index contributed by atoms with van der Waals surface area (Å²) in [6.07, 6.45) is 3.53. The summed E-state index contributed by atoms with van der Waals surface area (Å²) < 4.78 is 2.02. The Morgan fingerprint density at radius 1 is 1.13 bits per heavy atom. The molecule has 1 atom stereocenters. The molecule has 3 rings (SSSR count). The molecule has 1 heterocycles. The number of benzene rings is 2. The fraction of sp³-hybridized carbons (Fsp3) is 0.292. The van der Waals surface area contributed by atoms with Crippen LogP contribution in [0.5, 0.6) is 0 Å². The number of aryl methyl sites for hydroxylation is 1. The van der Waals surface area contributed by atoms with Crippen LogP contribution in [0.15, 0.2) is 72.4 Å². The lowest BCUT2D eigenvalue weighted by Crippen LogP contribution is -2.28. The molecule has 30 heavy (non-hydrogen) atoms. The minimum absolute atomic E-state index is 0.0233. The molecule has 0 aliphatic carbocycles. The quantitative estimate of drug-likeness (QED) is 0.385. The van der Waals surface area contributed by atoms with Crippen molar-refractivity contribution < 1.29 is 4.79 Å². The molecule has 3 aromatic rings. The van der Waals surface area contributed by atoms with Gasteiger partial charge in [-0.2, -0.15) is 0 Å². The van der Waals surface area contributed by atoms with E-state index in [1.165, 1.54) is 22.9 Å². The fourth-order valence-corrected chi connectivity index (χ4v) is 3.96. The topological polar surface area (TPSA) is 59.8 Å². The standard InChI is InChI=1S/C24H28N4OS/c1-4-15-28-22(16-20-9-7-6-8-10-20)26-27-24(28)30-17-23(29)25-18(3)21-13-11-19(5-2)12-14-21/h4,6-14,18H,1,5,15-17H2,2-3H3,(H,25,29). The second-order valence-corrected chi connectivity index (χ2v) is 8.08. The van der Waals surface area contributed by atoms with Crippen molar-refractivity contribution in [1.29, 1.82) is 0 Å². The van der Waals surface area contributed by atoms with Crippen molar-refractivity contribution in [1.82, 2.24) is 20.1 Å². The third kappa shape index (κ3) is 5.83. The monoisotopic (exact) mass is 420 g/mol. The highest BCUT2D eigenvalue weighted by molar-refractivity contribution is 7.99. The Balaban J connectivity index is 1.60. The van der Waals surface area contributed by atoms with Gasteiger partial charge in [0.1, 0.15) is 5.82 Å². The molecule has 1 N–H and O–H groups in total. The molecule has 1 aromatic heterocycles. The van der Waals surface area contributed by atoms with Crippen LogP contribution in [0.25, 0.3) is 0 Å².